The average molecular weight is 242 g/mol. The number of unbranched alkanes of at least 4 members (excludes halogenated alkanes) is 2. The average Bonchev–Trinajstić information content (AvgIpc) is 2.28. The predicted octanol–water partition coefficient (Wildman–Crippen LogP) is 2.84. The highest BCUT2D eigenvalue weighted by atomic mass is 32.2. The molecule has 16 heavy (non-hydrogen) atoms. The van der Waals surface area contributed by atoms with Crippen molar-refractivity contribution in [3.05, 3.63) is 29.8 Å². The largest absolute Gasteiger partial charge is 0.313 e. The topological polar surface area (TPSA) is 24.9 Å². The summed E-state index contributed by atoms with van der Waals surface area (Å²) in [5, 5.41) is 3.29. The van der Waals surface area contributed by atoms with Gasteiger partial charge < -0.3 is 5.32 Å². The zero-order valence-corrected chi connectivity index (χ0v) is 10.5. The van der Waals surface area contributed by atoms with E-state index in [1.807, 2.05) is 11.8 Å². The molecular weight excluding hydrogens is 223 g/mol. The molecule has 1 rings (SSSR count). The molecule has 0 unspecified atom stereocenters. The van der Waals surface area contributed by atoms with Crippen molar-refractivity contribution < 1.29 is 4.39 Å². The molecule has 0 bridgehead atoms. The van der Waals surface area contributed by atoms with Crippen molar-refractivity contribution in [2.75, 3.05) is 18.6 Å². The molecule has 1 N–H and O–H groups in total. The summed E-state index contributed by atoms with van der Waals surface area (Å²) in [6, 6.07) is 1.52. The van der Waals surface area contributed by atoms with Crippen molar-refractivity contribution >= 4 is 11.8 Å². The SMILES string of the molecule is CSCCCCCNCc1cncc(F)c1. The Kier molecular flexibility index (Phi) is 7.17. The van der Waals surface area contributed by atoms with Crippen LogP contribution < -0.4 is 5.32 Å². The predicted molar refractivity (Wildman–Crippen MR) is 68.1 cm³/mol. The molecule has 0 fully saturated rings. The number of pyridine rings is 1. The van der Waals surface area contributed by atoms with Crippen LogP contribution in [0.25, 0.3) is 0 Å². The number of nitrogens with one attached hydrogen (secondary N) is 1. The number of aromatic nitrogens is 1. The Balaban J connectivity index is 2.03. The van der Waals surface area contributed by atoms with Gasteiger partial charge in [-0.25, -0.2) is 4.39 Å². The Labute approximate surface area is 101 Å². The summed E-state index contributed by atoms with van der Waals surface area (Å²) < 4.78 is 12.8. The van der Waals surface area contributed by atoms with E-state index >= 15 is 0 Å². The van der Waals surface area contributed by atoms with Crippen LogP contribution in [0.3, 0.4) is 0 Å². The minimum atomic E-state index is -0.265. The van der Waals surface area contributed by atoms with Crippen molar-refractivity contribution in [3.63, 3.8) is 0 Å². The van der Waals surface area contributed by atoms with E-state index in [0.717, 1.165) is 12.1 Å². The number of rotatable bonds is 8. The maximum Gasteiger partial charge on any atom is 0.141 e. The molecule has 4 heteroatoms. The summed E-state index contributed by atoms with van der Waals surface area (Å²) in [6.45, 7) is 1.69. The lowest BCUT2D eigenvalue weighted by molar-refractivity contribution is 0.600. The minimum Gasteiger partial charge on any atom is -0.313 e. The van der Waals surface area contributed by atoms with E-state index in [1.54, 1.807) is 6.20 Å². The molecule has 1 heterocycles. The third-order valence-electron chi connectivity index (χ3n) is 2.29. The van der Waals surface area contributed by atoms with Crippen LogP contribution in [0.2, 0.25) is 0 Å². The summed E-state index contributed by atoms with van der Waals surface area (Å²) in [6.07, 6.45) is 8.79. The van der Waals surface area contributed by atoms with Gasteiger partial charge in [0.2, 0.25) is 0 Å². The Morgan fingerprint density at radius 2 is 2.19 bits per heavy atom. The molecular formula is C12H19FN2S. The van der Waals surface area contributed by atoms with Gasteiger partial charge in [-0.15, -0.1) is 0 Å². The van der Waals surface area contributed by atoms with Gasteiger partial charge in [0.25, 0.3) is 0 Å². The van der Waals surface area contributed by atoms with Gasteiger partial charge in [0.1, 0.15) is 5.82 Å². The molecule has 2 nitrogen and oxygen atoms in total. The molecule has 0 radical (unpaired) electrons. The van der Waals surface area contributed by atoms with Crippen molar-refractivity contribution in [1.82, 2.24) is 10.3 Å². The van der Waals surface area contributed by atoms with E-state index in [2.05, 4.69) is 16.6 Å². The van der Waals surface area contributed by atoms with Crippen LogP contribution in [0.4, 0.5) is 4.39 Å². The van der Waals surface area contributed by atoms with E-state index in [9.17, 15) is 4.39 Å². The van der Waals surface area contributed by atoms with Crippen LogP contribution in [-0.2, 0) is 6.54 Å². The Hall–Kier alpha value is -0.610. The minimum absolute atomic E-state index is 0.265. The quantitative estimate of drug-likeness (QED) is 0.710. The molecule has 0 aromatic carbocycles. The maximum atomic E-state index is 12.8. The molecule has 90 valence electrons. The lowest BCUT2D eigenvalue weighted by Crippen LogP contribution is -2.14. The van der Waals surface area contributed by atoms with Gasteiger partial charge in [0.05, 0.1) is 6.20 Å². The van der Waals surface area contributed by atoms with Crippen LogP contribution in [0.15, 0.2) is 18.5 Å². The van der Waals surface area contributed by atoms with Gasteiger partial charge >= 0.3 is 0 Å². The number of nitrogens with zero attached hydrogens (tertiary/aromatic N) is 1. The summed E-state index contributed by atoms with van der Waals surface area (Å²) in [7, 11) is 0. The van der Waals surface area contributed by atoms with Gasteiger partial charge in [-0.2, -0.15) is 11.8 Å². The van der Waals surface area contributed by atoms with Crippen molar-refractivity contribution in [1.29, 1.82) is 0 Å². The summed E-state index contributed by atoms with van der Waals surface area (Å²) in [5.41, 5.74) is 0.907. The molecule has 0 atom stereocenters. The molecule has 0 aliphatic heterocycles. The van der Waals surface area contributed by atoms with Gasteiger partial charge in [-0.05, 0) is 43.0 Å². The Morgan fingerprint density at radius 1 is 1.31 bits per heavy atom. The monoisotopic (exact) mass is 242 g/mol. The number of halogens is 1. The van der Waals surface area contributed by atoms with Crippen molar-refractivity contribution in [3.8, 4) is 0 Å². The summed E-state index contributed by atoms with van der Waals surface area (Å²) in [5.74, 6) is 0.979. The third-order valence-corrected chi connectivity index (χ3v) is 2.99. The second-order valence-corrected chi connectivity index (χ2v) is 4.73. The summed E-state index contributed by atoms with van der Waals surface area (Å²) in [4.78, 5) is 3.81. The second kappa shape index (κ2) is 8.53. The van der Waals surface area contributed by atoms with Crippen LogP contribution >= 0.6 is 11.8 Å². The molecule has 0 aliphatic carbocycles. The highest BCUT2D eigenvalue weighted by Crippen LogP contribution is 2.02. The highest BCUT2D eigenvalue weighted by molar-refractivity contribution is 7.98. The van der Waals surface area contributed by atoms with Crippen LogP contribution in [-0.4, -0.2) is 23.5 Å². The summed E-state index contributed by atoms with van der Waals surface area (Å²) >= 11 is 1.89. The first-order valence-corrected chi connectivity index (χ1v) is 7.01. The van der Waals surface area contributed by atoms with Gasteiger partial charge in [-0.3, -0.25) is 4.98 Å². The molecule has 0 saturated heterocycles. The fourth-order valence-corrected chi connectivity index (χ4v) is 1.95. The van der Waals surface area contributed by atoms with E-state index < -0.39 is 0 Å². The first-order chi connectivity index (χ1) is 7.83. The zero-order valence-electron chi connectivity index (χ0n) is 9.71. The van der Waals surface area contributed by atoms with E-state index in [-0.39, 0.29) is 5.82 Å². The zero-order chi connectivity index (χ0) is 11.6. The lowest BCUT2D eigenvalue weighted by Gasteiger charge is -2.04. The van der Waals surface area contributed by atoms with E-state index in [4.69, 9.17) is 0 Å². The van der Waals surface area contributed by atoms with Crippen molar-refractivity contribution in [2.45, 2.75) is 25.8 Å². The number of hydrogen-bond donors (Lipinski definition) is 1. The Morgan fingerprint density at radius 3 is 2.94 bits per heavy atom. The fraction of sp³-hybridized carbons (Fsp3) is 0.583. The third kappa shape index (κ3) is 6.08. The second-order valence-electron chi connectivity index (χ2n) is 3.74. The van der Waals surface area contributed by atoms with E-state index in [0.29, 0.717) is 6.54 Å². The normalized spacial score (nSPS) is 10.6. The number of thioether (sulfide) groups is 1. The Bertz CT molecular complexity index is 294. The molecule has 0 spiro atoms. The van der Waals surface area contributed by atoms with Gasteiger partial charge in [-0.1, -0.05) is 6.42 Å². The standard InChI is InChI=1S/C12H19FN2S/c1-16-6-4-2-3-5-14-8-11-7-12(13)10-15-9-11/h7,9-10,14H,2-6,8H2,1H3. The van der Waals surface area contributed by atoms with Crippen LogP contribution in [0.5, 0.6) is 0 Å². The fourth-order valence-electron chi connectivity index (χ4n) is 1.46. The molecule has 1 aromatic rings. The smallest absolute Gasteiger partial charge is 0.141 e. The van der Waals surface area contributed by atoms with Crippen LogP contribution in [0.1, 0.15) is 24.8 Å². The van der Waals surface area contributed by atoms with Crippen molar-refractivity contribution in [2.24, 2.45) is 0 Å². The first kappa shape index (κ1) is 13.5. The molecule has 0 saturated carbocycles. The number of hydrogen-bond acceptors (Lipinski definition) is 3. The highest BCUT2D eigenvalue weighted by Gasteiger charge is 1.95. The van der Waals surface area contributed by atoms with E-state index in [1.165, 1.54) is 37.3 Å². The molecule has 0 amide bonds. The van der Waals surface area contributed by atoms with Gasteiger partial charge in [0.15, 0.2) is 0 Å². The first-order valence-electron chi connectivity index (χ1n) is 5.62. The van der Waals surface area contributed by atoms with Gasteiger partial charge in [0, 0.05) is 12.7 Å². The van der Waals surface area contributed by atoms with Crippen LogP contribution in [0, 0.1) is 5.82 Å². The molecule has 0 aliphatic rings. The maximum absolute atomic E-state index is 12.8. The molecule has 1 aromatic heterocycles. The lowest BCUT2D eigenvalue weighted by atomic mass is 10.2.